The summed E-state index contributed by atoms with van der Waals surface area (Å²) in [5.74, 6) is 0.883. The predicted molar refractivity (Wildman–Crippen MR) is 133 cm³/mol. The Morgan fingerprint density at radius 2 is 1.66 bits per heavy atom. The average Bonchev–Trinajstić information content (AvgIpc) is 3.03. The smallest absolute Gasteiger partial charge is 0.191 e. The van der Waals surface area contributed by atoms with Crippen LogP contribution in [0, 0.1) is 0 Å². The van der Waals surface area contributed by atoms with Gasteiger partial charge in [-0.15, -0.1) is 24.0 Å². The molecule has 3 rings (SSSR count). The topological polar surface area (TPSA) is 52.1 Å². The molecule has 29 heavy (non-hydrogen) atoms. The Labute approximate surface area is 193 Å². The fourth-order valence-electron chi connectivity index (χ4n) is 3.92. The van der Waals surface area contributed by atoms with E-state index >= 15 is 0 Å². The van der Waals surface area contributed by atoms with Crippen molar-refractivity contribution in [1.29, 1.82) is 0 Å². The molecule has 0 aromatic heterocycles. The van der Waals surface area contributed by atoms with Gasteiger partial charge in [-0.2, -0.15) is 0 Å². The van der Waals surface area contributed by atoms with E-state index in [0.29, 0.717) is 0 Å². The van der Waals surface area contributed by atoms with Crippen LogP contribution in [0.15, 0.2) is 29.3 Å². The maximum atomic E-state index is 5.43. The minimum absolute atomic E-state index is 0. The van der Waals surface area contributed by atoms with Crippen molar-refractivity contribution in [3.05, 3.63) is 29.8 Å². The summed E-state index contributed by atoms with van der Waals surface area (Å²) in [5, 5.41) is 6.87. The first-order valence-electron chi connectivity index (χ1n) is 10.9. The van der Waals surface area contributed by atoms with E-state index in [-0.39, 0.29) is 24.0 Å². The second kappa shape index (κ2) is 14.0. The molecule has 0 amide bonds. The second-order valence-electron chi connectivity index (χ2n) is 7.73. The van der Waals surface area contributed by atoms with Crippen LogP contribution in [0.2, 0.25) is 0 Å². The van der Waals surface area contributed by atoms with E-state index in [4.69, 9.17) is 4.74 Å². The highest BCUT2D eigenvalue weighted by atomic mass is 127. The van der Waals surface area contributed by atoms with E-state index in [1.54, 1.807) is 0 Å². The molecule has 164 valence electrons. The molecule has 0 bridgehead atoms. The molecule has 0 atom stereocenters. The van der Waals surface area contributed by atoms with Gasteiger partial charge < -0.3 is 25.2 Å². The van der Waals surface area contributed by atoms with Crippen LogP contribution in [0.3, 0.4) is 0 Å². The standard InChI is InChI=1S/C22H37N5O.HI/c1-23-22(24-11-6-14-26-12-4-2-3-5-13-26)25-19-20-7-9-21(10-8-20)27-15-17-28-18-16-27;/h7-10H,2-6,11-19H2,1H3,(H2,23,24,25);1H. The van der Waals surface area contributed by atoms with Crippen LogP contribution in [-0.4, -0.2) is 70.4 Å². The summed E-state index contributed by atoms with van der Waals surface area (Å²) >= 11 is 0. The number of aliphatic imine (C=N–C) groups is 1. The molecule has 6 nitrogen and oxygen atoms in total. The third-order valence-electron chi connectivity index (χ3n) is 5.64. The molecule has 0 aliphatic carbocycles. The summed E-state index contributed by atoms with van der Waals surface area (Å²) in [6, 6.07) is 8.81. The summed E-state index contributed by atoms with van der Waals surface area (Å²) in [6.07, 6.45) is 6.69. The molecule has 2 heterocycles. The first kappa shape index (κ1) is 24.2. The molecule has 2 saturated heterocycles. The molecule has 2 fully saturated rings. The highest BCUT2D eigenvalue weighted by Gasteiger charge is 2.11. The Morgan fingerprint density at radius 1 is 0.966 bits per heavy atom. The van der Waals surface area contributed by atoms with Crippen molar-refractivity contribution < 1.29 is 4.74 Å². The Bertz CT molecular complexity index is 581. The summed E-state index contributed by atoms with van der Waals surface area (Å²) in [6.45, 7) is 9.08. The van der Waals surface area contributed by atoms with E-state index in [1.807, 2.05) is 7.05 Å². The van der Waals surface area contributed by atoms with Crippen LogP contribution >= 0.6 is 24.0 Å². The summed E-state index contributed by atoms with van der Waals surface area (Å²) in [4.78, 5) is 9.34. The molecular weight excluding hydrogens is 477 g/mol. The summed E-state index contributed by atoms with van der Waals surface area (Å²) in [5.41, 5.74) is 2.55. The maximum Gasteiger partial charge on any atom is 0.191 e. The highest BCUT2D eigenvalue weighted by Crippen LogP contribution is 2.16. The third-order valence-corrected chi connectivity index (χ3v) is 5.64. The highest BCUT2D eigenvalue weighted by molar-refractivity contribution is 14.0. The molecule has 7 heteroatoms. The zero-order valence-electron chi connectivity index (χ0n) is 17.9. The van der Waals surface area contributed by atoms with Crippen LogP contribution in [0.25, 0.3) is 0 Å². The van der Waals surface area contributed by atoms with Crippen LogP contribution < -0.4 is 15.5 Å². The van der Waals surface area contributed by atoms with Crippen LogP contribution in [0.4, 0.5) is 5.69 Å². The number of rotatable bonds is 7. The maximum absolute atomic E-state index is 5.43. The zero-order valence-corrected chi connectivity index (χ0v) is 20.2. The third kappa shape index (κ3) is 8.68. The van der Waals surface area contributed by atoms with Crippen molar-refractivity contribution >= 4 is 35.6 Å². The Morgan fingerprint density at radius 3 is 2.31 bits per heavy atom. The van der Waals surface area contributed by atoms with Gasteiger partial charge in [0.1, 0.15) is 0 Å². The van der Waals surface area contributed by atoms with Gasteiger partial charge in [0.2, 0.25) is 0 Å². The first-order valence-corrected chi connectivity index (χ1v) is 10.9. The van der Waals surface area contributed by atoms with Crippen molar-refractivity contribution in [3.8, 4) is 0 Å². The molecule has 1 aromatic carbocycles. The number of ether oxygens (including phenoxy) is 1. The molecule has 0 radical (unpaired) electrons. The Hall–Kier alpha value is -1.06. The van der Waals surface area contributed by atoms with Crippen molar-refractivity contribution in [2.24, 2.45) is 4.99 Å². The largest absolute Gasteiger partial charge is 0.378 e. The van der Waals surface area contributed by atoms with Gasteiger partial charge in [0.25, 0.3) is 0 Å². The number of hydrogen-bond donors (Lipinski definition) is 2. The number of benzene rings is 1. The fraction of sp³-hybridized carbons (Fsp3) is 0.682. The molecule has 2 aliphatic heterocycles. The molecule has 0 unspecified atom stereocenters. The molecule has 2 aliphatic rings. The molecule has 2 N–H and O–H groups in total. The van der Waals surface area contributed by atoms with E-state index < -0.39 is 0 Å². The van der Waals surface area contributed by atoms with Gasteiger partial charge in [-0.05, 0) is 56.6 Å². The number of nitrogens with one attached hydrogen (secondary N) is 2. The Kier molecular flexibility index (Phi) is 11.7. The van der Waals surface area contributed by atoms with Gasteiger partial charge in [0.05, 0.1) is 13.2 Å². The minimum atomic E-state index is 0. The molecule has 0 spiro atoms. The number of nitrogens with zero attached hydrogens (tertiary/aromatic N) is 3. The first-order chi connectivity index (χ1) is 13.8. The number of morpholine rings is 1. The van der Waals surface area contributed by atoms with Gasteiger partial charge in [-0.25, -0.2) is 0 Å². The molecule has 1 aromatic rings. The van der Waals surface area contributed by atoms with Gasteiger partial charge in [0.15, 0.2) is 5.96 Å². The summed E-state index contributed by atoms with van der Waals surface area (Å²) < 4.78 is 5.43. The normalized spacial score (nSPS) is 18.7. The zero-order chi connectivity index (χ0) is 19.4. The quantitative estimate of drug-likeness (QED) is 0.253. The van der Waals surface area contributed by atoms with E-state index in [2.05, 4.69) is 49.7 Å². The monoisotopic (exact) mass is 515 g/mol. The lowest BCUT2D eigenvalue weighted by atomic mass is 10.2. The lowest BCUT2D eigenvalue weighted by molar-refractivity contribution is 0.122. The fourth-order valence-corrected chi connectivity index (χ4v) is 3.92. The van der Waals surface area contributed by atoms with E-state index in [0.717, 1.165) is 51.8 Å². The lowest BCUT2D eigenvalue weighted by Crippen LogP contribution is -2.38. The summed E-state index contributed by atoms with van der Waals surface area (Å²) in [7, 11) is 1.84. The van der Waals surface area contributed by atoms with Crippen LogP contribution in [0.1, 0.15) is 37.7 Å². The predicted octanol–water partition coefficient (Wildman–Crippen LogP) is 3.07. The number of anilines is 1. The van der Waals surface area contributed by atoms with E-state index in [9.17, 15) is 0 Å². The van der Waals surface area contributed by atoms with Crippen molar-refractivity contribution in [2.75, 3.05) is 64.4 Å². The number of guanidine groups is 1. The Balaban J connectivity index is 0.00000300. The molecule has 0 saturated carbocycles. The molecular formula is C22H38IN5O. The van der Waals surface area contributed by atoms with Gasteiger partial charge in [-0.3, -0.25) is 4.99 Å². The van der Waals surface area contributed by atoms with Crippen LogP contribution in [0.5, 0.6) is 0 Å². The lowest BCUT2D eigenvalue weighted by Gasteiger charge is -2.29. The van der Waals surface area contributed by atoms with E-state index in [1.165, 1.54) is 56.6 Å². The average molecular weight is 515 g/mol. The second-order valence-corrected chi connectivity index (χ2v) is 7.73. The number of likely N-dealkylation sites (tertiary alicyclic amines) is 1. The van der Waals surface area contributed by atoms with Crippen molar-refractivity contribution in [1.82, 2.24) is 15.5 Å². The van der Waals surface area contributed by atoms with Gasteiger partial charge in [0, 0.05) is 38.9 Å². The van der Waals surface area contributed by atoms with Gasteiger partial charge in [-0.1, -0.05) is 25.0 Å². The number of hydrogen-bond acceptors (Lipinski definition) is 4. The van der Waals surface area contributed by atoms with Gasteiger partial charge >= 0.3 is 0 Å². The SMILES string of the molecule is CN=C(NCCCN1CCCCCC1)NCc1ccc(N2CCOCC2)cc1.I. The van der Waals surface area contributed by atoms with Crippen LogP contribution in [-0.2, 0) is 11.3 Å². The number of halogens is 1. The minimum Gasteiger partial charge on any atom is -0.378 e. The van der Waals surface area contributed by atoms with Crippen molar-refractivity contribution in [3.63, 3.8) is 0 Å². The van der Waals surface area contributed by atoms with Crippen molar-refractivity contribution in [2.45, 2.75) is 38.6 Å².